The van der Waals surface area contributed by atoms with Crippen molar-refractivity contribution in [3.8, 4) is 29.4 Å². The molecule has 3 amide bonds. The first kappa shape index (κ1) is 42.5. The minimum Gasteiger partial charge on any atom is -0.493 e. The highest BCUT2D eigenvalue weighted by atomic mass is 35.5. The Hall–Kier alpha value is -5.66. The molecule has 13 heteroatoms. The summed E-state index contributed by atoms with van der Waals surface area (Å²) in [6, 6.07) is 18.3. The average molecular weight is 833 g/mol. The van der Waals surface area contributed by atoms with Gasteiger partial charge in [-0.25, -0.2) is 9.18 Å². The molecule has 4 aliphatic rings. The molecule has 11 nitrogen and oxygen atoms in total. The van der Waals surface area contributed by atoms with E-state index in [4.69, 9.17) is 25.8 Å². The van der Waals surface area contributed by atoms with Crippen molar-refractivity contribution in [1.82, 2.24) is 20.4 Å². The Balaban J connectivity index is 1.10. The Labute approximate surface area is 356 Å². The van der Waals surface area contributed by atoms with Crippen molar-refractivity contribution < 1.29 is 28.2 Å². The molecule has 0 aromatic heterocycles. The average Bonchev–Trinajstić information content (AvgIpc) is 3.91. The van der Waals surface area contributed by atoms with Crippen LogP contribution in [-0.4, -0.2) is 78.9 Å². The summed E-state index contributed by atoms with van der Waals surface area (Å²) in [4.78, 5) is 29.1. The minimum absolute atomic E-state index is 0.0737. The molecule has 0 saturated carbocycles. The summed E-state index contributed by atoms with van der Waals surface area (Å²) in [5.74, 6) is 1.44. The Morgan fingerprint density at radius 2 is 1.77 bits per heavy atom. The van der Waals surface area contributed by atoms with E-state index < -0.39 is 17.7 Å². The van der Waals surface area contributed by atoms with Crippen LogP contribution in [0.25, 0.3) is 5.57 Å². The van der Waals surface area contributed by atoms with Crippen molar-refractivity contribution >= 4 is 29.1 Å². The van der Waals surface area contributed by atoms with Gasteiger partial charge in [0.2, 0.25) is 0 Å². The number of piperidine rings is 1. The number of nitrogens with one attached hydrogen (secondary N) is 2. The number of carbonyl (C=O) groups is 2. The zero-order valence-corrected chi connectivity index (χ0v) is 34.9. The number of rotatable bonds is 15. The fourth-order valence-corrected chi connectivity index (χ4v) is 8.96. The molecule has 7 rings (SSSR count). The number of benzene rings is 3. The van der Waals surface area contributed by atoms with E-state index in [2.05, 4.69) is 59.1 Å². The molecule has 1 unspecified atom stereocenters. The van der Waals surface area contributed by atoms with Gasteiger partial charge in [-0.2, -0.15) is 10.5 Å². The third-order valence-corrected chi connectivity index (χ3v) is 12.3. The van der Waals surface area contributed by atoms with Gasteiger partial charge in [0.25, 0.3) is 5.91 Å². The molecule has 1 spiro atoms. The van der Waals surface area contributed by atoms with E-state index in [0.29, 0.717) is 78.7 Å². The van der Waals surface area contributed by atoms with Gasteiger partial charge in [-0.3, -0.25) is 15.0 Å². The molecule has 3 aliphatic heterocycles. The predicted molar refractivity (Wildman–Crippen MR) is 227 cm³/mol. The number of imide groups is 1. The van der Waals surface area contributed by atoms with E-state index in [0.717, 1.165) is 78.1 Å². The van der Waals surface area contributed by atoms with Crippen molar-refractivity contribution in [3.63, 3.8) is 0 Å². The highest BCUT2D eigenvalue weighted by Crippen LogP contribution is 2.43. The number of nitriles is 2. The molecule has 60 heavy (non-hydrogen) atoms. The molecule has 0 radical (unpaired) electrons. The number of ether oxygens (including phenoxy) is 3. The summed E-state index contributed by atoms with van der Waals surface area (Å²) in [6.07, 6.45) is 6.92. The molecule has 2 atom stereocenters. The largest absolute Gasteiger partial charge is 0.493 e. The summed E-state index contributed by atoms with van der Waals surface area (Å²) in [5.41, 5.74) is 6.52. The minimum atomic E-state index is -0.984. The van der Waals surface area contributed by atoms with Gasteiger partial charge >= 0.3 is 6.03 Å². The topological polar surface area (TPSA) is 140 Å². The fraction of sp³-hybridized carbons (Fsp3) is 0.404. The second kappa shape index (κ2) is 18.7. The number of alkyl halides is 1. The Kier molecular flexibility index (Phi) is 13.3. The van der Waals surface area contributed by atoms with Crippen LogP contribution in [0.15, 0.2) is 78.4 Å². The van der Waals surface area contributed by atoms with Gasteiger partial charge in [0.15, 0.2) is 0 Å². The van der Waals surface area contributed by atoms with Crippen molar-refractivity contribution in [3.05, 3.63) is 117 Å². The summed E-state index contributed by atoms with van der Waals surface area (Å²) < 4.78 is 33.0. The smallest absolute Gasteiger partial charge is 0.322 e. The van der Waals surface area contributed by atoms with E-state index in [1.54, 1.807) is 24.3 Å². The highest BCUT2D eigenvalue weighted by Gasteiger charge is 2.50. The second-order valence-electron chi connectivity index (χ2n) is 16.0. The maximum Gasteiger partial charge on any atom is 0.322 e. The maximum absolute atomic E-state index is 13.6. The molecule has 3 saturated heterocycles. The Morgan fingerprint density at radius 1 is 1.00 bits per heavy atom. The van der Waals surface area contributed by atoms with Crippen LogP contribution in [0.3, 0.4) is 0 Å². The van der Waals surface area contributed by atoms with Crippen molar-refractivity contribution in [2.45, 2.75) is 83.3 Å². The number of urea groups is 1. The summed E-state index contributed by atoms with van der Waals surface area (Å²) >= 11 is 6.99. The van der Waals surface area contributed by atoms with E-state index in [1.165, 1.54) is 6.07 Å². The first-order chi connectivity index (χ1) is 29.0. The molecule has 3 aromatic rings. The fourth-order valence-electron chi connectivity index (χ4n) is 8.73. The predicted octanol–water partition coefficient (Wildman–Crippen LogP) is 8.08. The standard InChI is InChI=1S/C47H50ClFN6O5/c1-4-7-39(37-8-5-9-41(30(37)2)58-19-6-15-54-16-12-36(49)13-17-54)38-10-11-42(31(38)3)60-44-24-43(59-28-34-21-32(25-50)20-33(22-34)26-51)35(23-40(44)48)27-55-18-14-47(29-55)45(56)52-46(57)53-47/h4-5,7-9,20-24,36,42H,1,6,10-19,27-29H2,2-3H3,(H2,52,53,56,57)/b39-7-/t42-,47?/m0/s1. The van der Waals surface area contributed by atoms with E-state index >= 15 is 0 Å². The van der Waals surface area contributed by atoms with Gasteiger partial charge < -0.3 is 24.4 Å². The molecule has 1 aliphatic carbocycles. The maximum atomic E-state index is 13.6. The second-order valence-corrected chi connectivity index (χ2v) is 16.4. The lowest BCUT2D eigenvalue weighted by Crippen LogP contribution is -2.48. The number of amides is 3. The zero-order chi connectivity index (χ0) is 42.4. The monoisotopic (exact) mass is 832 g/mol. The quantitative estimate of drug-likeness (QED) is 0.0884. The van der Waals surface area contributed by atoms with Crippen LogP contribution in [0.2, 0.25) is 5.02 Å². The normalized spacial score (nSPS) is 21.2. The number of halogens is 2. The van der Waals surface area contributed by atoms with Crippen molar-refractivity contribution in [2.75, 3.05) is 39.3 Å². The van der Waals surface area contributed by atoms with Gasteiger partial charge in [-0.15, -0.1) is 0 Å². The van der Waals surface area contributed by atoms with E-state index in [-0.39, 0.29) is 18.6 Å². The third kappa shape index (κ3) is 9.53. The van der Waals surface area contributed by atoms with Crippen LogP contribution in [0.4, 0.5) is 9.18 Å². The third-order valence-electron chi connectivity index (χ3n) is 12.0. The Morgan fingerprint density at radius 3 is 2.47 bits per heavy atom. The lowest BCUT2D eigenvalue weighted by molar-refractivity contribution is -0.123. The van der Waals surface area contributed by atoms with Crippen LogP contribution in [0, 0.1) is 29.6 Å². The highest BCUT2D eigenvalue weighted by molar-refractivity contribution is 6.32. The van der Waals surface area contributed by atoms with Gasteiger partial charge in [0, 0.05) is 50.9 Å². The Bertz CT molecular complexity index is 2270. The van der Waals surface area contributed by atoms with Gasteiger partial charge in [0.1, 0.15) is 41.7 Å². The lowest BCUT2D eigenvalue weighted by atomic mass is 9.91. The molecular formula is C47H50ClFN6O5. The van der Waals surface area contributed by atoms with Gasteiger partial charge in [0.05, 0.1) is 34.9 Å². The summed E-state index contributed by atoms with van der Waals surface area (Å²) in [7, 11) is 0. The number of hydrogen-bond donors (Lipinski definition) is 2. The van der Waals surface area contributed by atoms with Crippen LogP contribution in [0.1, 0.15) is 78.8 Å². The first-order valence-corrected chi connectivity index (χ1v) is 20.9. The van der Waals surface area contributed by atoms with Crippen molar-refractivity contribution in [1.29, 1.82) is 10.5 Å². The first-order valence-electron chi connectivity index (χ1n) is 20.5. The van der Waals surface area contributed by atoms with Gasteiger partial charge in [-0.05, 0) is 116 Å². The summed E-state index contributed by atoms with van der Waals surface area (Å²) in [5, 5.41) is 24.7. The lowest BCUT2D eigenvalue weighted by Gasteiger charge is -2.28. The van der Waals surface area contributed by atoms with Crippen molar-refractivity contribution in [2.24, 2.45) is 0 Å². The van der Waals surface area contributed by atoms with Crippen LogP contribution < -0.4 is 24.8 Å². The van der Waals surface area contributed by atoms with Crippen LogP contribution in [0.5, 0.6) is 17.2 Å². The molecule has 2 N–H and O–H groups in total. The number of likely N-dealkylation sites (tertiary alicyclic amines) is 2. The molecule has 0 bridgehead atoms. The molecule has 3 fully saturated rings. The molecule has 3 aromatic carbocycles. The summed E-state index contributed by atoms with van der Waals surface area (Å²) in [6.45, 7) is 12.6. The van der Waals surface area contributed by atoms with Crippen LogP contribution >= 0.6 is 11.6 Å². The number of carbonyl (C=O) groups excluding carboxylic acids is 2. The van der Waals surface area contributed by atoms with E-state index in [9.17, 15) is 24.5 Å². The number of nitrogens with zero attached hydrogens (tertiary/aromatic N) is 4. The zero-order valence-electron chi connectivity index (χ0n) is 34.1. The molecular weight excluding hydrogens is 783 g/mol. The van der Waals surface area contributed by atoms with Gasteiger partial charge in [-0.1, -0.05) is 42.5 Å². The SMILES string of the molecule is C=C/C=C(\C1=C(C)[C@@H](Oc2cc(OCc3cc(C#N)cc(C#N)c3)c(CN3CCC4(C3)NC(=O)NC4=O)cc2Cl)CC1)c1cccc(OCCCN2CCC(F)CC2)c1C. The van der Waals surface area contributed by atoms with Crippen LogP contribution in [-0.2, 0) is 17.9 Å². The molecule has 3 heterocycles. The molecule has 312 valence electrons. The van der Waals surface area contributed by atoms with E-state index in [1.807, 2.05) is 24.3 Å². The number of hydrogen-bond acceptors (Lipinski definition) is 9. The number of allylic oxidation sites excluding steroid dienone is 4.